The molecule has 0 aliphatic carbocycles. The van der Waals surface area contributed by atoms with Gasteiger partial charge in [0.1, 0.15) is 5.75 Å². The topological polar surface area (TPSA) is 71.5 Å². The Hall–Kier alpha value is -2.40. The molecule has 2 aromatic rings. The zero-order valence-electron chi connectivity index (χ0n) is 10.2. The third kappa shape index (κ3) is 3.79. The Bertz CT molecular complexity index is 526. The second-order valence-corrected chi connectivity index (χ2v) is 3.78. The van der Waals surface area contributed by atoms with E-state index in [1.54, 1.807) is 12.1 Å². The fourth-order valence-electron chi connectivity index (χ4n) is 1.46. The largest absolute Gasteiger partial charge is 0.439 e. The van der Waals surface area contributed by atoms with Crippen LogP contribution in [0.2, 0.25) is 0 Å². The molecular weight excluding hydrogens is 244 g/mol. The van der Waals surface area contributed by atoms with Gasteiger partial charge in [0.25, 0.3) is 5.91 Å². The number of hydrogen-bond donors (Lipinski definition) is 2. The Labute approximate surface area is 110 Å². The number of rotatable bonds is 5. The van der Waals surface area contributed by atoms with Crippen LogP contribution in [-0.4, -0.2) is 29.1 Å². The number of carbonyl (C=O) groups excluding carboxylic acids is 1. The molecule has 1 aromatic heterocycles. The maximum atomic E-state index is 11.6. The number of benzene rings is 1. The molecule has 19 heavy (non-hydrogen) atoms. The predicted octanol–water partition coefficient (Wildman–Crippen LogP) is 1.60. The van der Waals surface area contributed by atoms with Gasteiger partial charge in [-0.2, -0.15) is 0 Å². The first kappa shape index (κ1) is 13.0. The zero-order valence-corrected chi connectivity index (χ0v) is 10.2. The van der Waals surface area contributed by atoms with Crippen molar-refractivity contribution in [2.45, 2.75) is 0 Å². The molecule has 0 unspecified atom stereocenters. The summed E-state index contributed by atoms with van der Waals surface area (Å²) in [6.07, 6.45) is 1.44. The molecule has 0 aliphatic heterocycles. The molecule has 0 spiro atoms. The van der Waals surface area contributed by atoms with E-state index in [1.807, 2.05) is 30.3 Å². The molecule has 0 saturated carbocycles. The van der Waals surface area contributed by atoms with Crippen molar-refractivity contribution < 1.29 is 14.6 Å². The van der Waals surface area contributed by atoms with Crippen LogP contribution in [0.5, 0.6) is 11.6 Å². The number of nitrogens with one attached hydrogen (secondary N) is 1. The minimum absolute atomic E-state index is 0.0889. The standard InChI is InChI=1S/C14H14N2O3/c17-9-8-15-14(18)11-6-7-13(16-10-11)19-12-4-2-1-3-5-12/h1-7,10,17H,8-9H2,(H,15,18). The first-order valence-electron chi connectivity index (χ1n) is 5.87. The van der Waals surface area contributed by atoms with Gasteiger partial charge in [-0.15, -0.1) is 0 Å². The van der Waals surface area contributed by atoms with Crippen LogP contribution >= 0.6 is 0 Å². The first-order chi connectivity index (χ1) is 9.29. The average molecular weight is 258 g/mol. The molecule has 0 fully saturated rings. The van der Waals surface area contributed by atoms with E-state index in [-0.39, 0.29) is 19.1 Å². The molecule has 98 valence electrons. The van der Waals surface area contributed by atoms with Crippen molar-refractivity contribution in [1.29, 1.82) is 0 Å². The smallest absolute Gasteiger partial charge is 0.252 e. The number of hydrogen-bond acceptors (Lipinski definition) is 4. The Morgan fingerprint density at radius 2 is 2.00 bits per heavy atom. The highest BCUT2D eigenvalue weighted by molar-refractivity contribution is 5.93. The van der Waals surface area contributed by atoms with Crippen LogP contribution in [0.3, 0.4) is 0 Å². The van der Waals surface area contributed by atoms with Crippen molar-refractivity contribution in [3.8, 4) is 11.6 Å². The van der Waals surface area contributed by atoms with Crippen molar-refractivity contribution in [3.63, 3.8) is 0 Å². The van der Waals surface area contributed by atoms with Crippen LogP contribution in [0.25, 0.3) is 0 Å². The summed E-state index contributed by atoms with van der Waals surface area (Å²) in [6.45, 7) is 0.134. The lowest BCUT2D eigenvalue weighted by molar-refractivity contribution is 0.0944. The quantitative estimate of drug-likeness (QED) is 0.854. The molecule has 1 heterocycles. The van der Waals surface area contributed by atoms with Gasteiger partial charge in [0.15, 0.2) is 0 Å². The fourth-order valence-corrected chi connectivity index (χ4v) is 1.46. The average Bonchev–Trinajstić information content (AvgIpc) is 2.46. The summed E-state index contributed by atoms with van der Waals surface area (Å²) in [5, 5.41) is 11.2. The summed E-state index contributed by atoms with van der Waals surface area (Å²) in [5.74, 6) is 0.838. The molecule has 2 rings (SSSR count). The predicted molar refractivity (Wildman–Crippen MR) is 70.2 cm³/mol. The Balaban J connectivity index is 2.00. The molecular formula is C14H14N2O3. The molecule has 0 bridgehead atoms. The van der Waals surface area contributed by atoms with Crippen LogP contribution in [-0.2, 0) is 0 Å². The Morgan fingerprint density at radius 1 is 1.21 bits per heavy atom. The molecule has 0 radical (unpaired) electrons. The molecule has 5 heteroatoms. The lowest BCUT2D eigenvalue weighted by Gasteiger charge is -2.06. The van der Waals surface area contributed by atoms with E-state index in [9.17, 15) is 4.79 Å². The highest BCUT2D eigenvalue weighted by Gasteiger charge is 2.05. The van der Waals surface area contributed by atoms with Gasteiger partial charge >= 0.3 is 0 Å². The summed E-state index contributed by atoms with van der Waals surface area (Å²) >= 11 is 0. The third-order valence-electron chi connectivity index (χ3n) is 2.36. The maximum absolute atomic E-state index is 11.6. The second-order valence-electron chi connectivity index (χ2n) is 3.78. The number of para-hydroxylation sites is 1. The maximum Gasteiger partial charge on any atom is 0.252 e. The van der Waals surface area contributed by atoms with Gasteiger partial charge < -0.3 is 15.2 Å². The normalized spacial score (nSPS) is 9.95. The van der Waals surface area contributed by atoms with Crippen molar-refractivity contribution in [3.05, 3.63) is 54.2 Å². The van der Waals surface area contributed by atoms with E-state index in [1.165, 1.54) is 6.20 Å². The summed E-state index contributed by atoms with van der Waals surface area (Å²) < 4.78 is 5.51. The molecule has 0 aliphatic rings. The SMILES string of the molecule is O=C(NCCO)c1ccc(Oc2ccccc2)nc1. The number of ether oxygens (including phenoxy) is 1. The van der Waals surface area contributed by atoms with Crippen molar-refractivity contribution in [1.82, 2.24) is 10.3 Å². The van der Waals surface area contributed by atoms with Crippen LogP contribution < -0.4 is 10.1 Å². The number of aliphatic hydroxyl groups is 1. The minimum atomic E-state index is -0.271. The molecule has 0 saturated heterocycles. The minimum Gasteiger partial charge on any atom is -0.439 e. The van der Waals surface area contributed by atoms with Gasteiger partial charge in [0.2, 0.25) is 5.88 Å². The number of carbonyl (C=O) groups is 1. The van der Waals surface area contributed by atoms with E-state index in [0.29, 0.717) is 17.2 Å². The Kier molecular flexibility index (Phi) is 4.47. The molecule has 0 atom stereocenters. The highest BCUT2D eigenvalue weighted by atomic mass is 16.5. The van der Waals surface area contributed by atoms with Gasteiger partial charge in [0, 0.05) is 18.8 Å². The zero-order chi connectivity index (χ0) is 13.5. The van der Waals surface area contributed by atoms with Crippen LogP contribution in [0.15, 0.2) is 48.7 Å². The van der Waals surface area contributed by atoms with Gasteiger partial charge in [-0.25, -0.2) is 4.98 Å². The number of nitrogens with zero attached hydrogens (tertiary/aromatic N) is 1. The summed E-state index contributed by atoms with van der Waals surface area (Å²) in [5.41, 5.74) is 0.425. The molecule has 1 amide bonds. The summed E-state index contributed by atoms with van der Waals surface area (Å²) in [7, 11) is 0. The van der Waals surface area contributed by atoms with Gasteiger partial charge in [-0.05, 0) is 18.2 Å². The molecule has 5 nitrogen and oxygen atoms in total. The third-order valence-corrected chi connectivity index (χ3v) is 2.36. The van der Waals surface area contributed by atoms with Crippen LogP contribution in [0.1, 0.15) is 10.4 Å². The summed E-state index contributed by atoms with van der Waals surface area (Å²) in [6, 6.07) is 12.5. The van der Waals surface area contributed by atoms with Crippen LogP contribution in [0, 0.1) is 0 Å². The fraction of sp³-hybridized carbons (Fsp3) is 0.143. The van der Waals surface area contributed by atoms with E-state index in [0.717, 1.165) is 0 Å². The number of amides is 1. The number of pyridine rings is 1. The molecule has 1 aromatic carbocycles. The van der Waals surface area contributed by atoms with E-state index in [2.05, 4.69) is 10.3 Å². The van der Waals surface area contributed by atoms with Crippen molar-refractivity contribution >= 4 is 5.91 Å². The summed E-state index contributed by atoms with van der Waals surface area (Å²) in [4.78, 5) is 15.6. The monoisotopic (exact) mass is 258 g/mol. The number of aromatic nitrogens is 1. The highest BCUT2D eigenvalue weighted by Crippen LogP contribution is 2.18. The van der Waals surface area contributed by atoms with Crippen molar-refractivity contribution in [2.24, 2.45) is 0 Å². The van der Waals surface area contributed by atoms with Gasteiger partial charge in [0.05, 0.1) is 12.2 Å². The lowest BCUT2D eigenvalue weighted by Crippen LogP contribution is -2.26. The number of aliphatic hydroxyl groups excluding tert-OH is 1. The first-order valence-corrected chi connectivity index (χ1v) is 5.87. The lowest BCUT2D eigenvalue weighted by atomic mass is 10.2. The van der Waals surface area contributed by atoms with Gasteiger partial charge in [-0.3, -0.25) is 4.79 Å². The van der Waals surface area contributed by atoms with E-state index >= 15 is 0 Å². The van der Waals surface area contributed by atoms with Crippen LogP contribution in [0.4, 0.5) is 0 Å². The van der Waals surface area contributed by atoms with E-state index in [4.69, 9.17) is 9.84 Å². The second kappa shape index (κ2) is 6.51. The molecule has 2 N–H and O–H groups in total. The van der Waals surface area contributed by atoms with E-state index < -0.39 is 0 Å². The van der Waals surface area contributed by atoms with Crippen molar-refractivity contribution in [2.75, 3.05) is 13.2 Å². The van der Waals surface area contributed by atoms with Gasteiger partial charge in [-0.1, -0.05) is 18.2 Å². The Morgan fingerprint density at radius 3 is 2.63 bits per heavy atom.